The van der Waals surface area contributed by atoms with Gasteiger partial charge in [-0.3, -0.25) is 4.90 Å². The standard InChI is InChI=1S/C16H26BNO3/c1-16(2,3)13-7-8-18(11-13)10-12-9-14(21-4)5-6-15(12)17(19)20/h5-6,9,13,19-20H,7-8,10-11H2,1-4H3. The molecule has 0 amide bonds. The molecule has 1 atom stereocenters. The molecule has 1 aliphatic heterocycles. The second-order valence-electron chi connectivity index (χ2n) is 7.03. The minimum absolute atomic E-state index is 0.322. The molecule has 1 aromatic carbocycles. The second kappa shape index (κ2) is 6.38. The highest BCUT2D eigenvalue weighted by atomic mass is 16.5. The Morgan fingerprint density at radius 3 is 2.57 bits per heavy atom. The van der Waals surface area contributed by atoms with E-state index < -0.39 is 7.12 Å². The molecule has 116 valence electrons. The average molecular weight is 291 g/mol. The maximum Gasteiger partial charge on any atom is 0.488 e. The molecule has 1 aliphatic rings. The molecular formula is C16H26BNO3. The van der Waals surface area contributed by atoms with E-state index in [4.69, 9.17) is 4.74 Å². The van der Waals surface area contributed by atoms with Crippen LogP contribution in [0, 0.1) is 11.3 Å². The van der Waals surface area contributed by atoms with Gasteiger partial charge in [0.2, 0.25) is 0 Å². The summed E-state index contributed by atoms with van der Waals surface area (Å²) in [4.78, 5) is 2.39. The van der Waals surface area contributed by atoms with Crippen LogP contribution in [0.4, 0.5) is 0 Å². The summed E-state index contributed by atoms with van der Waals surface area (Å²) in [7, 11) is 0.187. The van der Waals surface area contributed by atoms with Gasteiger partial charge in [0, 0.05) is 13.1 Å². The van der Waals surface area contributed by atoms with Gasteiger partial charge in [0.1, 0.15) is 5.75 Å². The molecule has 1 saturated heterocycles. The molecule has 1 fully saturated rings. The highest BCUT2D eigenvalue weighted by Crippen LogP contribution is 2.34. The number of rotatable bonds is 4. The van der Waals surface area contributed by atoms with Gasteiger partial charge in [0.15, 0.2) is 0 Å². The van der Waals surface area contributed by atoms with Crippen molar-refractivity contribution in [2.75, 3.05) is 20.2 Å². The quantitative estimate of drug-likeness (QED) is 0.820. The number of likely N-dealkylation sites (tertiary alicyclic amines) is 1. The monoisotopic (exact) mass is 291 g/mol. The first kappa shape index (κ1) is 16.3. The highest BCUT2D eigenvalue weighted by Gasteiger charge is 2.32. The van der Waals surface area contributed by atoms with Crippen molar-refractivity contribution in [3.05, 3.63) is 23.8 Å². The molecule has 2 N–H and O–H groups in total. The molecule has 0 spiro atoms. The third kappa shape index (κ3) is 3.99. The maximum absolute atomic E-state index is 9.52. The molecule has 1 aromatic rings. The lowest BCUT2D eigenvalue weighted by Crippen LogP contribution is -2.35. The van der Waals surface area contributed by atoms with E-state index >= 15 is 0 Å². The summed E-state index contributed by atoms with van der Waals surface area (Å²) in [5, 5.41) is 19.0. The zero-order valence-electron chi connectivity index (χ0n) is 13.5. The lowest BCUT2D eigenvalue weighted by Gasteiger charge is -2.27. The van der Waals surface area contributed by atoms with Crippen molar-refractivity contribution in [3.8, 4) is 5.75 Å². The minimum atomic E-state index is -1.44. The van der Waals surface area contributed by atoms with Gasteiger partial charge in [-0.15, -0.1) is 0 Å². The lowest BCUT2D eigenvalue weighted by molar-refractivity contribution is 0.226. The minimum Gasteiger partial charge on any atom is -0.497 e. The molecule has 0 aliphatic carbocycles. The largest absolute Gasteiger partial charge is 0.497 e. The van der Waals surface area contributed by atoms with E-state index in [0.717, 1.165) is 30.9 Å². The van der Waals surface area contributed by atoms with Gasteiger partial charge in [-0.05, 0) is 47.5 Å². The molecule has 5 heteroatoms. The number of ether oxygens (including phenoxy) is 1. The fourth-order valence-corrected chi connectivity index (χ4v) is 3.02. The van der Waals surface area contributed by atoms with Gasteiger partial charge in [-0.25, -0.2) is 0 Å². The van der Waals surface area contributed by atoms with Gasteiger partial charge in [-0.2, -0.15) is 0 Å². The van der Waals surface area contributed by atoms with Crippen LogP contribution in [0.15, 0.2) is 18.2 Å². The first-order valence-corrected chi connectivity index (χ1v) is 7.56. The third-order valence-corrected chi connectivity index (χ3v) is 4.52. The van der Waals surface area contributed by atoms with E-state index in [1.54, 1.807) is 19.2 Å². The summed E-state index contributed by atoms with van der Waals surface area (Å²) in [5.74, 6) is 1.44. The van der Waals surface area contributed by atoms with Crippen LogP contribution in [0.25, 0.3) is 0 Å². The molecule has 0 aromatic heterocycles. The molecule has 21 heavy (non-hydrogen) atoms. The van der Waals surface area contributed by atoms with Crippen molar-refractivity contribution in [1.82, 2.24) is 4.90 Å². The fourth-order valence-electron chi connectivity index (χ4n) is 3.02. The van der Waals surface area contributed by atoms with Crippen molar-refractivity contribution in [1.29, 1.82) is 0 Å². The van der Waals surface area contributed by atoms with Gasteiger partial charge in [0.25, 0.3) is 0 Å². The van der Waals surface area contributed by atoms with Gasteiger partial charge in [0.05, 0.1) is 7.11 Å². The predicted octanol–water partition coefficient (Wildman–Crippen LogP) is 1.24. The van der Waals surface area contributed by atoms with Crippen LogP contribution in [0.1, 0.15) is 32.8 Å². The summed E-state index contributed by atoms with van der Waals surface area (Å²) in [6.45, 7) is 9.71. The van der Waals surface area contributed by atoms with Crippen molar-refractivity contribution in [2.24, 2.45) is 11.3 Å². The second-order valence-corrected chi connectivity index (χ2v) is 7.03. The SMILES string of the molecule is COc1ccc(B(O)O)c(CN2CCC(C(C)(C)C)C2)c1. The molecule has 2 rings (SSSR count). The van der Waals surface area contributed by atoms with E-state index in [1.165, 1.54) is 6.42 Å². The van der Waals surface area contributed by atoms with Gasteiger partial charge >= 0.3 is 7.12 Å². The Labute approximate surface area is 127 Å². The molecule has 4 nitrogen and oxygen atoms in total. The van der Waals surface area contributed by atoms with Crippen LogP contribution in [-0.2, 0) is 6.54 Å². The number of hydrogen-bond acceptors (Lipinski definition) is 4. The molecule has 0 saturated carbocycles. The summed E-state index contributed by atoms with van der Waals surface area (Å²) in [5.41, 5.74) is 1.82. The number of benzene rings is 1. The van der Waals surface area contributed by atoms with E-state index in [-0.39, 0.29) is 0 Å². The summed E-state index contributed by atoms with van der Waals surface area (Å²) in [6.07, 6.45) is 1.20. The Kier molecular flexibility index (Phi) is 4.97. The Morgan fingerprint density at radius 1 is 1.33 bits per heavy atom. The van der Waals surface area contributed by atoms with Crippen LogP contribution < -0.4 is 10.2 Å². The topological polar surface area (TPSA) is 52.9 Å². The zero-order valence-corrected chi connectivity index (χ0v) is 13.5. The smallest absolute Gasteiger partial charge is 0.488 e. The Balaban J connectivity index is 2.12. The normalized spacial score (nSPS) is 19.8. The molecule has 1 unspecified atom stereocenters. The van der Waals surface area contributed by atoms with Gasteiger partial charge < -0.3 is 14.8 Å². The van der Waals surface area contributed by atoms with Crippen LogP contribution in [0.3, 0.4) is 0 Å². The predicted molar refractivity (Wildman–Crippen MR) is 85.7 cm³/mol. The van der Waals surface area contributed by atoms with Gasteiger partial charge in [-0.1, -0.05) is 26.8 Å². The van der Waals surface area contributed by atoms with Crippen LogP contribution in [0.5, 0.6) is 5.75 Å². The molecule has 0 bridgehead atoms. The molecular weight excluding hydrogens is 265 g/mol. The average Bonchev–Trinajstić information content (AvgIpc) is 2.86. The van der Waals surface area contributed by atoms with E-state index in [1.807, 2.05) is 6.07 Å². The van der Waals surface area contributed by atoms with E-state index in [2.05, 4.69) is 25.7 Å². The zero-order chi connectivity index (χ0) is 15.6. The summed E-state index contributed by atoms with van der Waals surface area (Å²) < 4.78 is 5.25. The van der Waals surface area contributed by atoms with E-state index in [9.17, 15) is 10.0 Å². The van der Waals surface area contributed by atoms with Crippen molar-refractivity contribution in [3.63, 3.8) is 0 Å². The van der Waals surface area contributed by atoms with Crippen molar-refractivity contribution >= 4 is 12.6 Å². The molecule has 1 heterocycles. The van der Waals surface area contributed by atoms with Crippen LogP contribution in [0.2, 0.25) is 0 Å². The first-order valence-electron chi connectivity index (χ1n) is 7.56. The van der Waals surface area contributed by atoms with Crippen molar-refractivity contribution in [2.45, 2.75) is 33.7 Å². The Morgan fingerprint density at radius 2 is 2.05 bits per heavy atom. The number of methoxy groups -OCH3 is 1. The fraction of sp³-hybridized carbons (Fsp3) is 0.625. The third-order valence-electron chi connectivity index (χ3n) is 4.52. The molecule has 0 radical (unpaired) electrons. The van der Waals surface area contributed by atoms with Crippen LogP contribution >= 0.6 is 0 Å². The first-order chi connectivity index (χ1) is 9.81. The Bertz CT molecular complexity index is 485. The Hall–Kier alpha value is -1.04. The lowest BCUT2D eigenvalue weighted by atomic mass is 9.76. The number of nitrogens with zero attached hydrogens (tertiary/aromatic N) is 1. The number of hydrogen-bond donors (Lipinski definition) is 2. The summed E-state index contributed by atoms with van der Waals surface area (Å²) >= 11 is 0. The summed E-state index contributed by atoms with van der Waals surface area (Å²) in [6, 6.07) is 5.40. The van der Waals surface area contributed by atoms with E-state index in [0.29, 0.717) is 16.8 Å². The highest BCUT2D eigenvalue weighted by molar-refractivity contribution is 6.59. The van der Waals surface area contributed by atoms with Crippen molar-refractivity contribution < 1.29 is 14.8 Å². The van der Waals surface area contributed by atoms with Crippen LogP contribution in [-0.4, -0.2) is 42.3 Å². The maximum atomic E-state index is 9.52.